The Kier molecular flexibility index (Phi) is 5.83. The van der Waals surface area contributed by atoms with E-state index in [4.69, 9.17) is 0 Å². The van der Waals surface area contributed by atoms with Gasteiger partial charge in [-0.1, -0.05) is 19.3 Å². The molecule has 0 aromatic rings. The van der Waals surface area contributed by atoms with Gasteiger partial charge in [0.05, 0.1) is 12.5 Å². The van der Waals surface area contributed by atoms with Crippen LogP contribution in [-0.2, 0) is 9.59 Å². The van der Waals surface area contributed by atoms with Crippen molar-refractivity contribution in [2.24, 2.45) is 5.92 Å². The van der Waals surface area contributed by atoms with Crippen LogP contribution in [0.3, 0.4) is 0 Å². The van der Waals surface area contributed by atoms with Crippen molar-refractivity contribution in [2.75, 3.05) is 26.2 Å². The number of amides is 2. The Hall–Kier alpha value is -1.10. The smallest absolute Gasteiger partial charge is 0.234 e. The molecule has 0 aromatic heterocycles. The first-order valence-corrected chi connectivity index (χ1v) is 7.98. The molecule has 2 aliphatic rings. The van der Waals surface area contributed by atoms with Gasteiger partial charge in [0.1, 0.15) is 0 Å². The minimum atomic E-state index is 0.0532. The Balaban J connectivity index is 1.68. The van der Waals surface area contributed by atoms with Gasteiger partial charge < -0.3 is 10.6 Å². The lowest BCUT2D eigenvalue weighted by Gasteiger charge is -2.24. The van der Waals surface area contributed by atoms with Crippen LogP contribution in [0.5, 0.6) is 0 Å². The predicted octanol–water partition coefficient (Wildman–Crippen LogP) is 0.893. The van der Waals surface area contributed by atoms with Crippen LogP contribution in [0.1, 0.15) is 45.4 Å². The van der Waals surface area contributed by atoms with Crippen LogP contribution in [0.4, 0.5) is 0 Å². The van der Waals surface area contributed by atoms with Gasteiger partial charge >= 0.3 is 0 Å². The summed E-state index contributed by atoms with van der Waals surface area (Å²) >= 11 is 0. The molecule has 0 bridgehead atoms. The maximum Gasteiger partial charge on any atom is 0.234 e. The zero-order valence-electron chi connectivity index (χ0n) is 12.5. The van der Waals surface area contributed by atoms with Gasteiger partial charge in [-0.15, -0.1) is 0 Å². The minimum absolute atomic E-state index is 0.0532. The molecule has 1 aliphatic carbocycles. The molecule has 1 atom stereocenters. The van der Waals surface area contributed by atoms with Crippen LogP contribution in [0.15, 0.2) is 0 Å². The first kappa shape index (κ1) is 15.3. The van der Waals surface area contributed by atoms with Crippen molar-refractivity contribution in [1.29, 1.82) is 0 Å². The average Bonchev–Trinajstić information content (AvgIpc) is 2.88. The summed E-state index contributed by atoms with van der Waals surface area (Å²) in [5, 5.41) is 5.99. The molecule has 0 aromatic carbocycles. The quantitative estimate of drug-likeness (QED) is 0.787. The molecule has 0 radical (unpaired) electrons. The van der Waals surface area contributed by atoms with E-state index >= 15 is 0 Å². The normalized spacial score (nSPS) is 24.6. The summed E-state index contributed by atoms with van der Waals surface area (Å²) in [5.74, 6) is 0.300. The van der Waals surface area contributed by atoms with Gasteiger partial charge in [0.2, 0.25) is 11.8 Å². The number of hydrogen-bond donors (Lipinski definition) is 2. The number of likely N-dealkylation sites (tertiary alicyclic amines) is 1. The van der Waals surface area contributed by atoms with Gasteiger partial charge in [-0.2, -0.15) is 0 Å². The summed E-state index contributed by atoms with van der Waals surface area (Å²) < 4.78 is 0. The van der Waals surface area contributed by atoms with Gasteiger partial charge in [-0.3, -0.25) is 14.5 Å². The number of nitrogens with one attached hydrogen (secondary N) is 2. The zero-order chi connectivity index (χ0) is 14.4. The molecule has 5 heteroatoms. The first-order chi connectivity index (χ1) is 9.69. The maximum atomic E-state index is 12.0. The fourth-order valence-electron chi connectivity index (χ4n) is 3.23. The van der Waals surface area contributed by atoms with E-state index in [1.807, 2.05) is 6.92 Å². The lowest BCUT2D eigenvalue weighted by Crippen LogP contribution is -2.42. The third-order valence-electron chi connectivity index (χ3n) is 4.33. The number of nitrogens with zero attached hydrogens (tertiary/aromatic N) is 1. The second-order valence-electron chi connectivity index (χ2n) is 6.02. The molecule has 2 rings (SSSR count). The molecule has 0 unspecified atom stereocenters. The Morgan fingerprint density at radius 1 is 1.15 bits per heavy atom. The summed E-state index contributed by atoms with van der Waals surface area (Å²) in [5.41, 5.74) is 0. The first-order valence-electron chi connectivity index (χ1n) is 7.98. The highest BCUT2D eigenvalue weighted by atomic mass is 16.2. The summed E-state index contributed by atoms with van der Waals surface area (Å²) in [4.78, 5) is 25.9. The average molecular weight is 281 g/mol. The number of hydrogen-bond acceptors (Lipinski definition) is 3. The Morgan fingerprint density at radius 3 is 2.60 bits per heavy atom. The Labute approximate surface area is 121 Å². The van der Waals surface area contributed by atoms with Crippen molar-refractivity contribution in [3.8, 4) is 0 Å². The molecule has 1 aliphatic heterocycles. The lowest BCUT2D eigenvalue weighted by molar-refractivity contribution is -0.125. The molecule has 0 spiro atoms. The highest BCUT2D eigenvalue weighted by Crippen LogP contribution is 2.18. The molecule has 114 valence electrons. The SMILES string of the molecule is CCNC(=O)[C@@H]1CCN(CC(=O)NC2CCCCC2)C1. The molecule has 1 saturated carbocycles. The molecule has 5 nitrogen and oxygen atoms in total. The number of carbonyl (C=O) groups excluding carboxylic acids is 2. The van der Waals surface area contributed by atoms with Crippen molar-refractivity contribution in [1.82, 2.24) is 15.5 Å². The summed E-state index contributed by atoms with van der Waals surface area (Å²) in [6.45, 7) is 4.61. The number of carbonyl (C=O) groups is 2. The van der Waals surface area contributed by atoms with Crippen molar-refractivity contribution in [3.63, 3.8) is 0 Å². The van der Waals surface area contributed by atoms with Crippen molar-refractivity contribution >= 4 is 11.8 Å². The monoisotopic (exact) mass is 281 g/mol. The fourth-order valence-corrected chi connectivity index (χ4v) is 3.23. The Bertz CT molecular complexity index is 340. The molecule has 20 heavy (non-hydrogen) atoms. The van der Waals surface area contributed by atoms with Gasteiger partial charge in [-0.05, 0) is 32.7 Å². The van der Waals surface area contributed by atoms with Gasteiger partial charge in [0.25, 0.3) is 0 Å². The van der Waals surface area contributed by atoms with E-state index in [2.05, 4.69) is 15.5 Å². The topological polar surface area (TPSA) is 61.4 Å². The minimum Gasteiger partial charge on any atom is -0.356 e. The lowest BCUT2D eigenvalue weighted by atomic mass is 9.95. The second kappa shape index (κ2) is 7.62. The largest absolute Gasteiger partial charge is 0.356 e. The molecular formula is C15H27N3O2. The van der Waals surface area contributed by atoms with Crippen molar-refractivity contribution in [3.05, 3.63) is 0 Å². The third kappa shape index (κ3) is 4.47. The van der Waals surface area contributed by atoms with Gasteiger partial charge in [-0.25, -0.2) is 0 Å². The highest BCUT2D eigenvalue weighted by Gasteiger charge is 2.29. The van der Waals surface area contributed by atoms with E-state index in [1.165, 1.54) is 19.3 Å². The van der Waals surface area contributed by atoms with Crippen LogP contribution in [0.2, 0.25) is 0 Å². The van der Waals surface area contributed by atoms with E-state index < -0.39 is 0 Å². The Morgan fingerprint density at radius 2 is 1.90 bits per heavy atom. The van der Waals surface area contributed by atoms with Crippen LogP contribution in [-0.4, -0.2) is 48.9 Å². The molecule has 2 amide bonds. The standard InChI is InChI=1S/C15H27N3O2/c1-2-16-15(20)12-8-9-18(10-12)11-14(19)17-13-6-4-3-5-7-13/h12-13H,2-11H2,1H3,(H,16,20)(H,17,19)/t12-/m1/s1. The molecule has 2 N–H and O–H groups in total. The van der Waals surface area contributed by atoms with Crippen LogP contribution in [0.25, 0.3) is 0 Å². The maximum absolute atomic E-state index is 12.0. The summed E-state index contributed by atoms with van der Waals surface area (Å²) in [6.07, 6.45) is 6.86. The number of rotatable bonds is 5. The van der Waals surface area contributed by atoms with E-state index in [0.29, 0.717) is 25.7 Å². The summed E-state index contributed by atoms with van der Waals surface area (Å²) in [6, 6.07) is 0.373. The van der Waals surface area contributed by atoms with E-state index in [0.717, 1.165) is 25.8 Å². The molecule has 2 fully saturated rings. The zero-order valence-corrected chi connectivity index (χ0v) is 12.5. The van der Waals surface area contributed by atoms with Crippen LogP contribution < -0.4 is 10.6 Å². The molecular weight excluding hydrogens is 254 g/mol. The van der Waals surface area contributed by atoms with Gasteiger partial charge in [0, 0.05) is 19.1 Å². The molecule has 1 heterocycles. The second-order valence-corrected chi connectivity index (χ2v) is 6.02. The third-order valence-corrected chi connectivity index (χ3v) is 4.33. The van der Waals surface area contributed by atoms with Gasteiger partial charge in [0.15, 0.2) is 0 Å². The van der Waals surface area contributed by atoms with E-state index in [-0.39, 0.29) is 17.7 Å². The van der Waals surface area contributed by atoms with Crippen LogP contribution >= 0.6 is 0 Å². The summed E-state index contributed by atoms with van der Waals surface area (Å²) in [7, 11) is 0. The predicted molar refractivity (Wildman–Crippen MR) is 78.2 cm³/mol. The fraction of sp³-hybridized carbons (Fsp3) is 0.867. The van der Waals surface area contributed by atoms with Crippen LogP contribution in [0, 0.1) is 5.92 Å². The van der Waals surface area contributed by atoms with E-state index in [9.17, 15) is 9.59 Å². The molecule has 1 saturated heterocycles. The van der Waals surface area contributed by atoms with Crippen molar-refractivity contribution < 1.29 is 9.59 Å². The highest BCUT2D eigenvalue weighted by molar-refractivity contribution is 5.80. The van der Waals surface area contributed by atoms with E-state index in [1.54, 1.807) is 0 Å². The van der Waals surface area contributed by atoms with Crippen molar-refractivity contribution in [2.45, 2.75) is 51.5 Å².